The molecule has 0 aliphatic carbocycles. The number of rotatable bonds is 3. The molecule has 0 unspecified atom stereocenters. The zero-order chi connectivity index (χ0) is 16.3. The summed E-state index contributed by atoms with van der Waals surface area (Å²) in [4.78, 5) is 38.4. The van der Waals surface area contributed by atoms with Gasteiger partial charge in [-0.2, -0.15) is 0 Å². The second-order valence-corrected chi connectivity index (χ2v) is 4.98. The molecule has 0 spiro atoms. The number of nitrogens with one attached hydrogen (secondary N) is 1. The lowest BCUT2D eigenvalue weighted by atomic mass is 10.2. The highest BCUT2D eigenvalue weighted by atomic mass is 16.5. The average molecular weight is 305 g/mol. The second kappa shape index (κ2) is 6.46. The Balaban J connectivity index is 2.15. The van der Waals surface area contributed by atoms with Crippen LogP contribution < -0.4 is 10.1 Å². The van der Waals surface area contributed by atoms with E-state index in [-0.39, 0.29) is 6.54 Å². The number of hydrogen-bond donors (Lipinski definition) is 1. The smallest absolute Gasteiger partial charge is 0.329 e. The third-order valence-electron chi connectivity index (χ3n) is 3.53. The maximum Gasteiger partial charge on any atom is 0.329 e. The van der Waals surface area contributed by atoms with Gasteiger partial charge in [-0.05, 0) is 31.5 Å². The van der Waals surface area contributed by atoms with E-state index in [0.29, 0.717) is 24.5 Å². The van der Waals surface area contributed by atoms with Crippen LogP contribution in [0.3, 0.4) is 0 Å². The fourth-order valence-corrected chi connectivity index (χ4v) is 2.27. The van der Waals surface area contributed by atoms with Crippen molar-refractivity contribution in [2.45, 2.75) is 13.8 Å². The van der Waals surface area contributed by atoms with Crippen molar-refractivity contribution < 1.29 is 19.1 Å². The van der Waals surface area contributed by atoms with Crippen molar-refractivity contribution >= 4 is 23.5 Å². The Hall–Kier alpha value is -2.57. The molecule has 1 aliphatic rings. The topological polar surface area (TPSA) is 79.0 Å². The lowest BCUT2D eigenvalue weighted by Crippen LogP contribution is -2.56. The average Bonchev–Trinajstić information content (AvgIpc) is 2.50. The molecule has 22 heavy (non-hydrogen) atoms. The number of carbonyl (C=O) groups is 3. The van der Waals surface area contributed by atoms with Gasteiger partial charge in [-0.15, -0.1) is 0 Å². The molecule has 1 saturated heterocycles. The molecule has 1 fully saturated rings. The highest BCUT2D eigenvalue weighted by Gasteiger charge is 2.35. The van der Waals surface area contributed by atoms with E-state index in [1.165, 1.54) is 12.0 Å². The molecule has 0 radical (unpaired) electrons. The molecule has 0 saturated carbocycles. The Bertz CT molecular complexity index is 615. The number of ether oxygens (including phenoxy) is 1. The van der Waals surface area contributed by atoms with Crippen LogP contribution in [0.4, 0.5) is 10.5 Å². The number of methoxy groups -OCH3 is 1. The minimum atomic E-state index is -0.808. The fourth-order valence-electron chi connectivity index (χ4n) is 2.27. The van der Waals surface area contributed by atoms with Crippen LogP contribution in [0.5, 0.6) is 5.75 Å². The molecule has 7 heteroatoms. The van der Waals surface area contributed by atoms with Crippen LogP contribution in [-0.2, 0) is 9.59 Å². The Kier molecular flexibility index (Phi) is 4.65. The molecular weight excluding hydrogens is 286 g/mol. The molecule has 118 valence electrons. The number of hydrogen-bond acceptors (Lipinski definition) is 4. The van der Waals surface area contributed by atoms with Crippen LogP contribution in [0.1, 0.15) is 12.5 Å². The number of anilines is 1. The summed E-state index contributed by atoms with van der Waals surface area (Å²) in [7, 11) is 1.50. The summed E-state index contributed by atoms with van der Waals surface area (Å²) in [6.45, 7) is 4.64. The number of nitrogens with zero attached hydrogens (tertiary/aromatic N) is 2. The molecular formula is C15H19N3O4. The standard InChI is InChI=1S/C15H19N3O4/c1-4-17-7-8-18(14(20)13(17)19)15(21)16-11-9-10(2)5-6-12(11)22-3/h5-6,9H,4,7-8H2,1-3H3,(H,16,21). The van der Waals surface area contributed by atoms with E-state index in [0.717, 1.165) is 10.5 Å². The first kappa shape index (κ1) is 15.8. The Morgan fingerprint density at radius 3 is 2.64 bits per heavy atom. The molecule has 2 rings (SSSR count). The van der Waals surface area contributed by atoms with Gasteiger partial charge in [0.2, 0.25) is 0 Å². The van der Waals surface area contributed by atoms with Crippen molar-refractivity contribution in [3.05, 3.63) is 23.8 Å². The highest BCUT2D eigenvalue weighted by molar-refractivity contribution is 6.38. The lowest BCUT2D eigenvalue weighted by molar-refractivity contribution is -0.153. The van der Waals surface area contributed by atoms with Gasteiger partial charge in [0.05, 0.1) is 12.8 Å². The summed E-state index contributed by atoms with van der Waals surface area (Å²) in [5.74, 6) is -0.970. The minimum Gasteiger partial charge on any atom is -0.495 e. The van der Waals surface area contributed by atoms with Crippen molar-refractivity contribution in [3.63, 3.8) is 0 Å². The van der Waals surface area contributed by atoms with Gasteiger partial charge in [0.25, 0.3) is 0 Å². The zero-order valence-corrected chi connectivity index (χ0v) is 12.9. The molecule has 1 heterocycles. The van der Waals surface area contributed by atoms with Gasteiger partial charge in [-0.3, -0.25) is 14.5 Å². The van der Waals surface area contributed by atoms with Crippen LogP contribution >= 0.6 is 0 Å². The van der Waals surface area contributed by atoms with Crippen LogP contribution in [-0.4, -0.2) is 54.4 Å². The fraction of sp³-hybridized carbons (Fsp3) is 0.400. The summed E-state index contributed by atoms with van der Waals surface area (Å²) < 4.78 is 5.18. The van der Waals surface area contributed by atoms with Crippen molar-refractivity contribution in [1.82, 2.24) is 9.80 Å². The quantitative estimate of drug-likeness (QED) is 0.852. The first-order chi connectivity index (χ1) is 10.5. The van der Waals surface area contributed by atoms with Crippen molar-refractivity contribution in [2.24, 2.45) is 0 Å². The first-order valence-electron chi connectivity index (χ1n) is 7.04. The van der Waals surface area contributed by atoms with Crippen LogP contribution in [0, 0.1) is 6.92 Å². The van der Waals surface area contributed by atoms with E-state index >= 15 is 0 Å². The number of carbonyl (C=O) groups excluding carboxylic acids is 3. The summed E-state index contributed by atoms with van der Waals surface area (Å²) in [6, 6.07) is 4.69. The molecule has 4 amide bonds. The van der Waals surface area contributed by atoms with Crippen LogP contribution in [0.25, 0.3) is 0 Å². The maximum absolute atomic E-state index is 12.3. The van der Waals surface area contributed by atoms with E-state index in [9.17, 15) is 14.4 Å². The Labute approximate surface area is 128 Å². The summed E-state index contributed by atoms with van der Waals surface area (Å²) in [5, 5.41) is 2.63. The molecule has 0 aromatic heterocycles. The number of benzene rings is 1. The second-order valence-electron chi connectivity index (χ2n) is 4.98. The normalized spacial score (nSPS) is 15.0. The van der Waals surface area contributed by atoms with Crippen molar-refractivity contribution in [3.8, 4) is 5.75 Å². The maximum atomic E-state index is 12.3. The molecule has 7 nitrogen and oxygen atoms in total. The predicted octanol–water partition coefficient (Wildman–Crippen LogP) is 1.23. The number of piperazine rings is 1. The monoisotopic (exact) mass is 305 g/mol. The van der Waals surface area contributed by atoms with E-state index in [1.54, 1.807) is 19.1 Å². The van der Waals surface area contributed by atoms with E-state index in [2.05, 4.69) is 5.32 Å². The van der Waals surface area contributed by atoms with Crippen molar-refractivity contribution in [2.75, 3.05) is 32.1 Å². The van der Waals surface area contributed by atoms with Gasteiger partial charge >= 0.3 is 17.8 Å². The van der Waals surface area contributed by atoms with Gasteiger partial charge in [-0.1, -0.05) is 6.07 Å². The molecule has 1 aromatic rings. The van der Waals surface area contributed by atoms with Gasteiger partial charge in [0.1, 0.15) is 5.75 Å². The predicted molar refractivity (Wildman–Crippen MR) is 80.7 cm³/mol. The highest BCUT2D eigenvalue weighted by Crippen LogP contribution is 2.25. The summed E-state index contributed by atoms with van der Waals surface area (Å²) >= 11 is 0. The molecule has 1 N–H and O–H groups in total. The van der Waals surface area contributed by atoms with E-state index in [4.69, 9.17) is 4.74 Å². The minimum absolute atomic E-state index is 0.179. The molecule has 0 atom stereocenters. The van der Waals surface area contributed by atoms with Gasteiger partial charge in [0, 0.05) is 19.6 Å². The SMILES string of the molecule is CCN1CCN(C(=O)Nc2cc(C)ccc2OC)C(=O)C1=O. The largest absolute Gasteiger partial charge is 0.495 e. The van der Waals surface area contributed by atoms with Gasteiger partial charge < -0.3 is 15.0 Å². The third kappa shape index (κ3) is 3.03. The van der Waals surface area contributed by atoms with E-state index in [1.807, 2.05) is 13.0 Å². The van der Waals surface area contributed by atoms with Crippen LogP contribution in [0.15, 0.2) is 18.2 Å². The number of imide groups is 1. The molecule has 1 aliphatic heterocycles. The number of urea groups is 1. The first-order valence-corrected chi connectivity index (χ1v) is 7.04. The summed E-state index contributed by atoms with van der Waals surface area (Å²) in [5.41, 5.74) is 1.40. The molecule has 0 bridgehead atoms. The van der Waals surface area contributed by atoms with Crippen LogP contribution in [0.2, 0.25) is 0 Å². The number of amides is 4. The Morgan fingerprint density at radius 2 is 2.00 bits per heavy atom. The zero-order valence-electron chi connectivity index (χ0n) is 12.9. The molecule has 1 aromatic carbocycles. The van der Waals surface area contributed by atoms with Gasteiger partial charge in [-0.25, -0.2) is 4.79 Å². The number of aryl methyl sites for hydroxylation is 1. The third-order valence-corrected chi connectivity index (χ3v) is 3.53. The van der Waals surface area contributed by atoms with Crippen molar-refractivity contribution in [1.29, 1.82) is 0 Å². The Morgan fingerprint density at radius 1 is 1.27 bits per heavy atom. The van der Waals surface area contributed by atoms with E-state index < -0.39 is 17.8 Å². The lowest BCUT2D eigenvalue weighted by Gasteiger charge is -2.31. The van der Waals surface area contributed by atoms with Gasteiger partial charge in [0.15, 0.2) is 0 Å². The number of likely N-dealkylation sites (N-methyl/N-ethyl adjacent to an activating group) is 1. The summed E-state index contributed by atoms with van der Waals surface area (Å²) in [6.07, 6.45) is 0.